The first kappa shape index (κ1) is 21.4. The number of carbonyl (C=O) groups excluding carboxylic acids is 1. The van der Waals surface area contributed by atoms with Crippen LogP contribution in [0.3, 0.4) is 0 Å². The Morgan fingerprint density at radius 1 is 1.32 bits per heavy atom. The molecule has 6 heteroatoms. The molecule has 0 radical (unpaired) electrons. The maximum Gasteiger partial charge on any atom is 0.343 e. The molecular formula is C22H28N2O4. The number of hydrogen-bond donors (Lipinski definition) is 1. The lowest BCUT2D eigenvalue weighted by molar-refractivity contribution is 0.0523. The van der Waals surface area contributed by atoms with Gasteiger partial charge in [0.1, 0.15) is 11.3 Å². The first-order valence-corrected chi connectivity index (χ1v) is 9.26. The van der Waals surface area contributed by atoms with E-state index in [1.165, 1.54) is 6.07 Å². The molecule has 0 saturated carbocycles. The quantitative estimate of drug-likeness (QED) is 0.774. The maximum atomic E-state index is 12.6. The minimum atomic E-state index is -0.628. The van der Waals surface area contributed by atoms with Gasteiger partial charge in [-0.1, -0.05) is 20.8 Å². The van der Waals surface area contributed by atoms with Gasteiger partial charge in [-0.25, -0.2) is 4.79 Å². The molecule has 1 heterocycles. The molecule has 1 N–H and O–H groups in total. The summed E-state index contributed by atoms with van der Waals surface area (Å²) in [5.74, 6) is -0.000342. The summed E-state index contributed by atoms with van der Waals surface area (Å²) in [6.07, 6.45) is 8.44. The van der Waals surface area contributed by atoms with Crippen LogP contribution in [0.15, 0.2) is 46.6 Å². The predicted octanol–water partition coefficient (Wildman–Crippen LogP) is 4.14. The van der Waals surface area contributed by atoms with E-state index >= 15 is 0 Å². The van der Waals surface area contributed by atoms with E-state index in [9.17, 15) is 9.59 Å². The van der Waals surface area contributed by atoms with Crippen LogP contribution >= 0.6 is 0 Å². The maximum absolute atomic E-state index is 12.6. The molecule has 1 atom stereocenters. The monoisotopic (exact) mass is 384 g/mol. The standard InChI is InChI=1S/C22H28N2O4/c1-7-28-21(26)18-13-24(14(2)22(3,4)5)16(12-20(18)25)10-15-11-17(27-6)8-9-19(15)23/h8-14,23H,7H2,1-6H3/b15-10+,23-19?. The number of hydrogen-bond acceptors (Lipinski definition) is 5. The van der Waals surface area contributed by atoms with Crippen molar-refractivity contribution in [2.24, 2.45) is 5.41 Å². The van der Waals surface area contributed by atoms with Crippen molar-refractivity contribution < 1.29 is 14.3 Å². The van der Waals surface area contributed by atoms with Crippen molar-refractivity contribution in [2.75, 3.05) is 13.7 Å². The second-order valence-electron chi connectivity index (χ2n) is 7.74. The highest BCUT2D eigenvalue weighted by molar-refractivity contribution is 6.12. The number of esters is 1. The topological polar surface area (TPSA) is 81.4 Å². The van der Waals surface area contributed by atoms with Crippen LogP contribution < -0.4 is 5.43 Å². The van der Waals surface area contributed by atoms with Crippen LogP contribution in [0.1, 0.15) is 56.7 Å². The number of methoxy groups -OCH3 is 1. The van der Waals surface area contributed by atoms with Crippen molar-refractivity contribution in [1.82, 2.24) is 4.57 Å². The lowest BCUT2D eigenvalue weighted by atomic mass is 9.87. The van der Waals surface area contributed by atoms with Gasteiger partial charge in [0, 0.05) is 29.6 Å². The summed E-state index contributed by atoms with van der Waals surface area (Å²) in [4.78, 5) is 24.8. The Morgan fingerprint density at radius 3 is 2.57 bits per heavy atom. The first-order valence-electron chi connectivity index (χ1n) is 9.26. The third kappa shape index (κ3) is 4.68. The summed E-state index contributed by atoms with van der Waals surface area (Å²) in [7, 11) is 1.56. The Balaban J connectivity index is 2.68. The smallest absolute Gasteiger partial charge is 0.343 e. The van der Waals surface area contributed by atoms with Gasteiger partial charge < -0.3 is 19.5 Å². The molecule has 0 saturated heterocycles. The average Bonchev–Trinajstić information content (AvgIpc) is 2.62. The summed E-state index contributed by atoms with van der Waals surface area (Å²) in [5, 5.41) is 8.16. The van der Waals surface area contributed by atoms with Gasteiger partial charge in [-0.15, -0.1) is 0 Å². The Kier molecular flexibility index (Phi) is 6.44. The molecule has 0 fully saturated rings. The molecule has 0 amide bonds. The molecule has 150 valence electrons. The van der Waals surface area contributed by atoms with Gasteiger partial charge in [-0.2, -0.15) is 0 Å². The van der Waals surface area contributed by atoms with Crippen molar-refractivity contribution >= 4 is 17.8 Å². The number of ether oxygens (including phenoxy) is 2. The molecule has 1 aliphatic carbocycles. The second kappa shape index (κ2) is 8.42. The van der Waals surface area contributed by atoms with Gasteiger partial charge in [0.15, 0.2) is 5.43 Å². The molecular weight excluding hydrogens is 356 g/mol. The molecule has 1 unspecified atom stereocenters. The molecule has 0 aliphatic heterocycles. The number of aromatic nitrogens is 1. The van der Waals surface area contributed by atoms with Gasteiger partial charge in [-0.3, -0.25) is 4.79 Å². The highest BCUT2D eigenvalue weighted by atomic mass is 16.5. The lowest BCUT2D eigenvalue weighted by Crippen LogP contribution is -2.27. The van der Waals surface area contributed by atoms with E-state index in [0.717, 1.165) is 0 Å². The SMILES string of the molecule is CCOC(=O)c1cn(C(C)C(C)(C)C)c(/C=C2\C=C(OC)C=CC2=N)cc1=O. The van der Waals surface area contributed by atoms with Crippen molar-refractivity contribution in [3.05, 3.63) is 63.3 Å². The first-order chi connectivity index (χ1) is 13.1. The molecule has 0 spiro atoms. The van der Waals surface area contributed by atoms with E-state index in [1.54, 1.807) is 44.5 Å². The zero-order chi connectivity index (χ0) is 21.1. The van der Waals surface area contributed by atoms with Crippen molar-refractivity contribution in [3.8, 4) is 0 Å². The Hall–Kier alpha value is -2.89. The number of carbonyl (C=O) groups is 1. The Labute approximate surface area is 165 Å². The van der Waals surface area contributed by atoms with Crippen molar-refractivity contribution in [2.45, 2.75) is 40.7 Å². The minimum absolute atomic E-state index is 0.00633. The Morgan fingerprint density at radius 2 is 2.00 bits per heavy atom. The number of allylic oxidation sites excluding steroid dienone is 4. The van der Waals surface area contributed by atoms with Crippen LogP contribution in [0.5, 0.6) is 0 Å². The van der Waals surface area contributed by atoms with E-state index in [1.807, 2.05) is 11.5 Å². The van der Waals surface area contributed by atoms with E-state index in [0.29, 0.717) is 22.7 Å². The fraction of sp³-hybridized carbons (Fsp3) is 0.409. The lowest BCUT2D eigenvalue weighted by Gasteiger charge is -2.31. The zero-order valence-electron chi connectivity index (χ0n) is 17.3. The van der Waals surface area contributed by atoms with E-state index in [4.69, 9.17) is 14.9 Å². The summed E-state index contributed by atoms with van der Waals surface area (Å²) in [5.41, 5.74) is 1.03. The third-order valence-electron chi connectivity index (χ3n) is 4.84. The number of nitrogens with one attached hydrogen (secondary N) is 1. The van der Waals surface area contributed by atoms with Gasteiger partial charge in [0.05, 0.1) is 19.4 Å². The van der Waals surface area contributed by atoms with Crippen LogP contribution in [-0.2, 0) is 9.47 Å². The van der Waals surface area contributed by atoms with Crippen LogP contribution in [-0.4, -0.2) is 30.0 Å². The van der Waals surface area contributed by atoms with E-state index in [-0.39, 0.29) is 23.6 Å². The second-order valence-corrected chi connectivity index (χ2v) is 7.74. The van der Waals surface area contributed by atoms with Gasteiger partial charge in [-0.05, 0) is 43.6 Å². The van der Waals surface area contributed by atoms with Crippen LogP contribution in [0, 0.1) is 10.8 Å². The molecule has 1 aromatic rings. The molecule has 6 nitrogen and oxygen atoms in total. The summed E-state index contributed by atoms with van der Waals surface area (Å²) in [6, 6.07) is 1.40. The minimum Gasteiger partial charge on any atom is -0.497 e. The van der Waals surface area contributed by atoms with Crippen LogP contribution in [0.25, 0.3) is 6.08 Å². The molecule has 1 aromatic heterocycles. The number of nitrogens with zero attached hydrogens (tertiary/aromatic N) is 1. The van der Waals surface area contributed by atoms with Crippen LogP contribution in [0.2, 0.25) is 0 Å². The molecule has 0 bridgehead atoms. The highest BCUT2D eigenvalue weighted by Gasteiger charge is 2.25. The number of pyridine rings is 1. The van der Waals surface area contributed by atoms with Crippen molar-refractivity contribution in [1.29, 1.82) is 5.41 Å². The largest absolute Gasteiger partial charge is 0.497 e. The zero-order valence-corrected chi connectivity index (χ0v) is 17.3. The van der Waals surface area contributed by atoms with Crippen LogP contribution in [0.4, 0.5) is 0 Å². The molecule has 28 heavy (non-hydrogen) atoms. The number of rotatable bonds is 5. The van der Waals surface area contributed by atoms with E-state index < -0.39 is 11.4 Å². The third-order valence-corrected chi connectivity index (χ3v) is 4.84. The predicted molar refractivity (Wildman–Crippen MR) is 111 cm³/mol. The Bertz CT molecular complexity index is 927. The molecule has 2 rings (SSSR count). The molecule has 1 aliphatic rings. The summed E-state index contributed by atoms with van der Waals surface area (Å²) in [6.45, 7) is 10.2. The van der Waals surface area contributed by atoms with Gasteiger partial charge >= 0.3 is 5.97 Å². The normalized spacial score (nSPS) is 16.7. The van der Waals surface area contributed by atoms with Gasteiger partial charge in [0.2, 0.25) is 0 Å². The summed E-state index contributed by atoms with van der Waals surface area (Å²) >= 11 is 0. The fourth-order valence-electron chi connectivity index (χ4n) is 2.74. The average molecular weight is 384 g/mol. The van der Waals surface area contributed by atoms with E-state index in [2.05, 4.69) is 20.8 Å². The highest BCUT2D eigenvalue weighted by Crippen LogP contribution is 2.31. The summed E-state index contributed by atoms with van der Waals surface area (Å²) < 4.78 is 12.2. The van der Waals surface area contributed by atoms with Gasteiger partial charge in [0.25, 0.3) is 0 Å². The van der Waals surface area contributed by atoms with Crippen molar-refractivity contribution in [3.63, 3.8) is 0 Å². The fourth-order valence-corrected chi connectivity index (χ4v) is 2.74. The molecule has 0 aromatic carbocycles.